The molecule has 35 heavy (non-hydrogen) atoms. The summed E-state index contributed by atoms with van der Waals surface area (Å²) >= 11 is 0. The minimum Gasteiger partial charge on any atom is -0.497 e. The van der Waals surface area contributed by atoms with Gasteiger partial charge in [-0.25, -0.2) is 19.3 Å². The second-order valence-corrected chi connectivity index (χ2v) is 8.72. The molecular weight excluding hydrogens is 447 g/mol. The van der Waals surface area contributed by atoms with E-state index in [9.17, 15) is 9.18 Å². The molecule has 0 saturated heterocycles. The number of benzene rings is 2. The maximum atomic E-state index is 14.4. The Bertz CT molecular complexity index is 1320. The minimum absolute atomic E-state index is 0.114. The van der Waals surface area contributed by atoms with E-state index in [2.05, 4.69) is 20.2 Å². The molecular formula is C26H27FN6O2. The number of imidazole rings is 1. The number of nitrogens with zero attached hydrogens (tertiary/aromatic N) is 4. The summed E-state index contributed by atoms with van der Waals surface area (Å²) in [5.41, 5.74) is 2.79. The lowest BCUT2D eigenvalue weighted by atomic mass is 9.91. The van der Waals surface area contributed by atoms with E-state index in [4.69, 9.17) is 14.7 Å². The monoisotopic (exact) mass is 474 g/mol. The third-order valence-electron chi connectivity index (χ3n) is 6.49. The maximum Gasteiger partial charge on any atom is 0.210 e. The number of rotatable bonds is 8. The van der Waals surface area contributed by atoms with Crippen LogP contribution in [-0.4, -0.2) is 39.1 Å². The van der Waals surface area contributed by atoms with Crippen molar-refractivity contribution >= 4 is 29.2 Å². The van der Waals surface area contributed by atoms with Gasteiger partial charge in [0.2, 0.25) is 12.4 Å². The van der Waals surface area contributed by atoms with Crippen LogP contribution in [0, 0.1) is 5.82 Å². The van der Waals surface area contributed by atoms with Crippen molar-refractivity contribution in [1.29, 1.82) is 0 Å². The molecule has 2 heterocycles. The van der Waals surface area contributed by atoms with Gasteiger partial charge in [-0.15, -0.1) is 0 Å². The Balaban J connectivity index is 1.50. The Hall–Kier alpha value is -4.01. The van der Waals surface area contributed by atoms with Gasteiger partial charge in [0, 0.05) is 18.5 Å². The number of hydrogen-bond donors (Lipinski definition) is 2. The van der Waals surface area contributed by atoms with E-state index >= 15 is 0 Å². The summed E-state index contributed by atoms with van der Waals surface area (Å²) in [7, 11) is 1.64. The minimum atomic E-state index is -0.351. The molecule has 2 aromatic carbocycles. The third kappa shape index (κ3) is 4.94. The average molecular weight is 475 g/mol. The Morgan fingerprint density at radius 1 is 1.09 bits per heavy atom. The second kappa shape index (κ2) is 10.1. The number of carbonyl (C=O) groups excluding carboxylic acids is 1. The predicted octanol–water partition coefficient (Wildman–Crippen LogP) is 4.54. The second-order valence-electron chi connectivity index (χ2n) is 8.72. The molecule has 0 spiro atoms. The standard InChI is InChI=1S/C26H27FN6O2/c1-35-20-12-6-17(7-13-20)14-24-28-15-23-25(32-24)33(19-10-8-18(9-11-19)29-16-34)26(31-23)30-22-5-3-2-4-21(22)27/h2-7,12-13,15-16,18-19H,8-11,14H2,1H3,(H,29,34)(H,30,31). The van der Waals surface area contributed by atoms with Gasteiger partial charge in [0.25, 0.3) is 0 Å². The fraction of sp³-hybridized carbons (Fsp3) is 0.308. The summed E-state index contributed by atoms with van der Waals surface area (Å²) in [5, 5.41) is 6.06. The van der Waals surface area contributed by atoms with E-state index < -0.39 is 0 Å². The van der Waals surface area contributed by atoms with E-state index in [0.29, 0.717) is 35.0 Å². The van der Waals surface area contributed by atoms with Crippen LogP contribution in [0.4, 0.5) is 16.0 Å². The van der Waals surface area contributed by atoms with Crippen molar-refractivity contribution in [3.63, 3.8) is 0 Å². The summed E-state index contributed by atoms with van der Waals surface area (Å²) in [6.45, 7) is 0. The van der Waals surface area contributed by atoms with Crippen molar-refractivity contribution in [1.82, 2.24) is 24.8 Å². The van der Waals surface area contributed by atoms with Gasteiger partial charge in [0.05, 0.1) is 19.0 Å². The lowest BCUT2D eigenvalue weighted by Crippen LogP contribution is -2.33. The largest absolute Gasteiger partial charge is 0.497 e. The molecule has 1 aliphatic rings. The van der Waals surface area contributed by atoms with Crippen LogP contribution in [0.1, 0.15) is 43.1 Å². The topological polar surface area (TPSA) is 94.0 Å². The van der Waals surface area contributed by atoms with Crippen LogP contribution in [0.3, 0.4) is 0 Å². The van der Waals surface area contributed by atoms with Gasteiger partial charge in [-0.2, -0.15) is 0 Å². The first-order chi connectivity index (χ1) is 17.1. The molecule has 0 unspecified atom stereocenters. The van der Waals surface area contributed by atoms with Gasteiger partial charge < -0.3 is 15.4 Å². The number of halogens is 1. The molecule has 1 amide bonds. The molecule has 9 heteroatoms. The molecule has 0 radical (unpaired) electrons. The number of ether oxygens (including phenoxy) is 1. The summed E-state index contributed by atoms with van der Waals surface area (Å²) in [4.78, 5) is 25.0. The number of para-hydroxylation sites is 1. The maximum absolute atomic E-state index is 14.4. The third-order valence-corrected chi connectivity index (χ3v) is 6.49. The molecule has 0 aliphatic heterocycles. The van der Waals surface area contributed by atoms with Gasteiger partial charge in [-0.05, 0) is 55.5 Å². The Labute approximate surface area is 202 Å². The number of nitrogens with one attached hydrogen (secondary N) is 2. The molecule has 1 aliphatic carbocycles. The zero-order valence-electron chi connectivity index (χ0n) is 19.4. The van der Waals surface area contributed by atoms with E-state index in [0.717, 1.165) is 43.4 Å². The van der Waals surface area contributed by atoms with Crippen LogP contribution >= 0.6 is 0 Å². The first kappa shape index (κ1) is 22.8. The molecule has 2 aromatic heterocycles. The number of fused-ring (bicyclic) bond motifs is 1. The summed E-state index contributed by atoms with van der Waals surface area (Å²) in [6, 6.07) is 14.6. The van der Waals surface area contributed by atoms with Crippen LogP contribution < -0.4 is 15.4 Å². The first-order valence-electron chi connectivity index (χ1n) is 11.7. The summed E-state index contributed by atoms with van der Waals surface area (Å²) in [6.07, 6.45) is 6.46. The van der Waals surface area contributed by atoms with E-state index in [1.165, 1.54) is 6.07 Å². The van der Waals surface area contributed by atoms with Crippen LogP contribution in [0.15, 0.2) is 54.7 Å². The molecule has 180 valence electrons. The number of amides is 1. The van der Waals surface area contributed by atoms with Gasteiger partial charge in [0.15, 0.2) is 5.65 Å². The molecule has 2 N–H and O–H groups in total. The molecule has 4 aromatic rings. The fourth-order valence-electron chi connectivity index (χ4n) is 4.65. The number of anilines is 2. The highest BCUT2D eigenvalue weighted by Gasteiger charge is 2.27. The van der Waals surface area contributed by atoms with Crippen molar-refractivity contribution in [3.8, 4) is 5.75 Å². The van der Waals surface area contributed by atoms with Crippen molar-refractivity contribution in [2.75, 3.05) is 12.4 Å². The first-order valence-corrected chi connectivity index (χ1v) is 11.7. The van der Waals surface area contributed by atoms with Crippen molar-refractivity contribution in [2.24, 2.45) is 0 Å². The van der Waals surface area contributed by atoms with E-state index in [-0.39, 0.29) is 17.9 Å². The number of aromatic nitrogens is 4. The molecule has 8 nitrogen and oxygen atoms in total. The Morgan fingerprint density at radius 2 is 1.86 bits per heavy atom. The van der Waals surface area contributed by atoms with Crippen LogP contribution in [0.5, 0.6) is 5.75 Å². The van der Waals surface area contributed by atoms with E-state index in [1.54, 1.807) is 31.5 Å². The highest BCUT2D eigenvalue weighted by Crippen LogP contribution is 2.35. The van der Waals surface area contributed by atoms with Crippen LogP contribution in [-0.2, 0) is 11.2 Å². The summed E-state index contributed by atoms with van der Waals surface area (Å²) in [5.74, 6) is 1.66. The number of carbonyl (C=O) groups is 1. The Kier molecular flexibility index (Phi) is 6.56. The predicted molar refractivity (Wildman–Crippen MR) is 131 cm³/mol. The average Bonchev–Trinajstić information content (AvgIpc) is 3.24. The molecule has 5 rings (SSSR count). The van der Waals surface area contributed by atoms with Crippen molar-refractivity contribution < 1.29 is 13.9 Å². The van der Waals surface area contributed by atoms with Crippen molar-refractivity contribution in [2.45, 2.75) is 44.2 Å². The zero-order chi connectivity index (χ0) is 24.2. The number of hydrogen-bond acceptors (Lipinski definition) is 6. The Morgan fingerprint density at radius 3 is 2.57 bits per heavy atom. The van der Waals surface area contributed by atoms with Crippen LogP contribution in [0.2, 0.25) is 0 Å². The summed E-state index contributed by atoms with van der Waals surface area (Å²) < 4.78 is 21.7. The lowest BCUT2D eigenvalue weighted by Gasteiger charge is -2.30. The van der Waals surface area contributed by atoms with Gasteiger partial charge in [0.1, 0.15) is 22.9 Å². The number of methoxy groups -OCH3 is 1. The lowest BCUT2D eigenvalue weighted by molar-refractivity contribution is -0.110. The normalized spacial score (nSPS) is 17.8. The highest BCUT2D eigenvalue weighted by molar-refractivity contribution is 5.75. The van der Waals surface area contributed by atoms with E-state index in [1.807, 2.05) is 24.3 Å². The smallest absolute Gasteiger partial charge is 0.210 e. The highest BCUT2D eigenvalue weighted by atomic mass is 19.1. The SMILES string of the molecule is COc1ccc(Cc2ncc3nc(Nc4ccccc4F)n(C4CCC(NC=O)CC4)c3n2)cc1. The molecule has 0 atom stereocenters. The quantitative estimate of drug-likeness (QED) is 0.364. The zero-order valence-corrected chi connectivity index (χ0v) is 19.4. The van der Waals surface area contributed by atoms with Gasteiger partial charge >= 0.3 is 0 Å². The molecule has 0 bridgehead atoms. The van der Waals surface area contributed by atoms with Crippen LogP contribution in [0.25, 0.3) is 11.2 Å². The van der Waals surface area contributed by atoms with Gasteiger partial charge in [-0.1, -0.05) is 24.3 Å². The molecule has 1 saturated carbocycles. The fourth-order valence-corrected chi connectivity index (χ4v) is 4.65. The molecule has 1 fully saturated rings. The van der Waals surface area contributed by atoms with Gasteiger partial charge in [-0.3, -0.25) is 9.36 Å². The van der Waals surface area contributed by atoms with Crippen molar-refractivity contribution in [3.05, 3.63) is 71.9 Å².